The van der Waals surface area contributed by atoms with Crippen molar-refractivity contribution in [1.82, 2.24) is 0 Å². The highest BCUT2D eigenvalue weighted by Gasteiger charge is 2.11. The average Bonchev–Trinajstić information content (AvgIpc) is 2.35. The van der Waals surface area contributed by atoms with Crippen LogP contribution in [0.2, 0.25) is 0 Å². The van der Waals surface area contributed by atoms with Crippen LogP contribution in [-0.2, 0) is 4.84 Å². The van der Waals surface area contributed by atoms with Gasteiger partial charge in [0, 0.05) is 5.28 Å². The zero-order valence-electron chi connectivity index (χ0n) is 5.51. The van der Waals surface area contributed by atoms with Crippen LogP contribution in [0.5, 0.6) is 0 Å². The molecule has 54 valence electrons. The van der Waals surface area contributed by atoms with Gasteiger partial charge in [-0.25, -0.2) is 4.99 Å². The van der Waals surface area contributed by atoms with E-state index in [-0.39, 0.29) is 0 Å². The first-order valence-corrected chi connectivity index (χ1v) is 3.01. The number of fused-ring (bicyclic) bond motifs is 1. The lowest BCUT2D eigenvalue weighted by molar-refractivity contribution is 0.299. The third kappa shape index (κ3) is 1.07. The van der Waals surface area contributed by atoms with Gasteiger partial charge in [0.15, 0.2) is 0 Å². The van der Waals surface area contributed by atoms with Gasteiger partial charge in [-0.05, 0) is 12.2 Å². The number of rotatable bonds is 0. The van der Waals surface area contributed by atoms with E-state index >= 15 is 0 Å². The normalized spacial score (nSPS) is 27.3. The monoisotopic (exact) mass is 148 g/mol. The van der Waals surface area contributed by atoms with Crippen LogP contribution >= 0.6 is 0 Å². The molecule has 0 bridgehead atoms. The van der Waals surface area contributed by atoms with Gasteiger partial charge in [-0.1, -0.05) is 0 Å². The maximum Gasteiger partial charge on any atom is 0.278 e. The fraction of sp³-hybridized carbons (Fsp3) is 0. The molecule has 0 saturated heterocycles. The van der Waals surface area contributed by atoms with Crippen LogP contribution in [0.15, 0.2) is 44.4 Å². The number of allylic oxidation sites excluding steroid dienone is 2. The molecule has 0 fully saturated rings. The molecule has 0 aromatic carbocycles. The molecule has 5 heteroatoms. The van der Waals surface area contributed by atoms with Crippen LogP contribution in [-0.4, -0.2) is 12.2 Å². The topological polar surface area (TPSA) is 58.7 Å². The van der Waals surface area contributed by atoms with E-state index in [2.05, 4.69) is 20.4 Å². The van der Waals surface area contributed by atoms with Crippen LogP contribution in [0.4, 0.5) is 0 Å². The van der Waals surface area contributed by atoms with E-state index in [0.29, 0.717) is 11.6 Å². The molecule has 0 saturated carbocycles. The molecule has 0 aromatic heterocycles. The first kappa shape index (κ1) is 5.96. The Kier molecular flexibility index (Phi) is 1.33. The highest BCUT2D eigenvalue weighted by atomic mass is 16.6. The largest absolute Gasteiger partial charge is 0.316 e. The van der Waals surface area contributed by atoms with Crippen molar-refractivity contribution in [2.24, 2.45) is 20.4 Å². The molecule has 2 rings (SSSR count). The Morgan fingerprint density at radius 2 is 2.36 bits per heavy atom. The standard InChI is InChI=1S/C6H4N4O/c1-2-5-6(8-4-7-5)11-10-9-3-1/h1-4H/b3-1-,5-2+,10-9?. The van der Waals surface area contributed by atoms with Crippen molar-refractivity contribution in [2.75, 3.05) is 0 Å². The fourth-order valence-electron chi connectivity index (χ4n) is 0.712. The maximum atomic E-state index is 4.77. The summed E-state index contributed by atoms with van der Waals surface area (Å²) in [4.78, 5) is 12.5. The summed E-state index contributed by atoms with van der Waals surface area (Å²) in [5.41, 5.74) is 0.667. The molecule has 2 aliphatic rings. The minimum atomic E-state index is 0.387. The van der Waals surface area contributed by atoms with Crippen molar-refractivity contribution >= 4 is 12.2 Å². The summed E-state index contributed by atoms with van der Waals surface area (Å²) in [6, 6.07) is 0. The molecule has 0 radical (unpaired) electrons. The number of hydrogen-bond donors (Lipinski definition) is 0. The lowest BCUT2D eigenvalue weighted by Gasteiger charge is -1.96. The highest BCUT2D eigenvalue weighted by Crippen LogP contribution is 2.09. The zero-order chi connectivity index (χ0) is 7.52. The molecular formula is C6H4N4O. The van der Waals surface area contributed by atoms with Gasteiger partial charge in [-0.2, -0.15) is 4.99 Å². The van der Waals surface area contributed by atoms with Gasteiger partial charge in [0.1, 0.15) is 12.0 Å². The van der Waals surface area contributed by atoms with Gasteiger partial charge in [-0.3, -0.25) is 0 Å². The lowest BCUT2D eigenvalue weighted by atomic mass is 10.4. The summed E-state index contributed by atoms with van der Waals surface area (Å²) in [6.45, 7) is 0. The van der Waals surface area contributed by atoms with Gasteiger partial charge in [0.25, 0.3) is 5.90 Å². The van der Waals surface area contributed by atoms with Crippen LogP contribution in [0.1, 0.15) is 0 Å². The second kappa shape index (κ2) is 2.45. The Labute approximate surface area is 62.5 Å². The van der Waals surface area contributed by atoms with E-state index in [4.69, 9.17) is 4.84 Å². The Morgan fingerprint density at radius 1 is 1.36 bits per heavy atom. The van der Waals surface area contributed by atoms with Crippen LogP contribution in [0.3, 0.4) is 0 Å². The predicted molar refractivity (Wildman–Crippen MR) is 39.1 cm³/mol. The first-order valence-electron chi connectivity index (χ1n) is 3.01. The molecular weight excluding hydrogens is 144 g/mol. The van der Waals surface area contributed by atoms with E-state index in [1.807, 2.05) is 0 Å². The molecule has 0 unspecified atom stereocenters. The van der Waals surface area contributed by atoms with Gasteiger partial charge in [0.2, 0.25) is 0 Å². The van der Waals surface area contributed by atoms with Crippen molar-refractivity contribution in [2.45, 2.75) is 0 Å². The molecule has 0 N–H and O–H groups in total. The maximum absolute atomic E-state index is 4.77. The quantitative estimate of drug-likeness (QED) is 0.509. The third-order valence-electron chi connectivity index (χ3n) is 1.17. The van der Waals surface area contributed by atoms with E-state index in [1.54, 1.807) is 12.2 Å². The van der Waals surface area contributed by atoms with E-state index in [1.165, 1.54) is 12.5 Å². The number of nitrogens with zero attached hydrogens (tertiary/aromatic N) is 4. The zero-order valence-corrected chi connectivity index (χ0v) is 5.51. The summed E-state index contributed by atoms with van der Waals surface area (Å²) in [6.07, 6.45) is 6.40. The Hall–Kier alpha value is -1.78. The molecule has 5 nitrogen and oxygen atoms in total. The Morgan fingerprint density at radius 3 is 3.36 bits per heavy atom. The average molecular weight is 148 g/mol. The highest BCUT2D eigenvalue weighted by molar-refractivity contribution is 6.02. The van der Waals surface area contributed by atoms with E-state index in [9.17, 15) is 0 Å². The predicted octanol–water partition coefficient (Wildman–Crippen LogP) is 1.22. The van der Waals surface area contributed by atoms with Crippen LogP contribution in [0, 0.1) is 0 Å². The van der Waals surface area contributed by atoms with Gasteiger partial charge < -0.3 is 4.84 Å². The van der Waals surface area contributed by atoms with Crippen molar-refractivity contribution in [1.29, 1.82) is 0 Å². The van der Waals surface area contributed by atoms with Crippen molar-refractivity contribution in [3.05, 3.63) is 24.0 Å². The van der Waals surface area contributed by atoms with E-state index in [0.717, 1.165) is 0 Å². The summed E-state index contributed by atoms with van der Waals surface area (Å²) in [7, 11) is 0. The van der Waals surface area contributed by atoms with Crippen molar-refractivity contribution < 1.29 is 4.84 Å². The van der Waals surface area contributed by atoms with Crippen molar-refractivity contribution in [3.8, 4) is 0 Å². The summed E-state index contributed by atoms with van der Waals surface area (Å²) >= 11 is 0. The fourth-order valence-corrected chi connectivity index (χ4v) is 0.712. The lowest BCUT2D eigenvalue weighted by Crippen LogP contribution is -1.99. The first-order chi connectivity index (χ1) is 5.47. The van der Waals surface area contributed by atoms with Crippen molar-refractivity contribution in [3.63, 3.8) is 0 Å². The minimum absolute atomic E-state index is 0.387. The van der Waals surface area contributed by atoms with E-state index < -0.39 is 0 Å². The molecule has 2 aliphatic heterocycles. The molecule has 0 atom stereocenters. The molecule has 0 aliphatic carbocycles. The molecule has 0 aromatic rings. The van der Waals surface area contributed by atoms with Crippen LogP contribution in [0.25, 0.3) is 0 Å². The smallest absolute Gasteiger partial charge is 0.278 e. The summed E-state index contributed by atoms with van der Waals surface area (Å²) < 4.78 is 0. The second-order valence-electron chi connectivity index (χ2n) is 1.86. The number of aliphatic imine (C=N–C) groups is 2. The Bertz CT molecular complexity index is 311. The summed E-state index contributed by atoms with van der Waals surface area (Å²) in [5.74, 6) is 0.387. The molecule has 2 heterocycles. The number of hydrogen-bond acceptors (Lipinski definition) is 5. The second-order valence-corrected chi connectivity index (χ2v) is 1.86. The third-order valence-corrected chi connectivity index (χ3v) is 1.17. The SMILES string of the molecule is C1=N/C2=C/C=C\N=NOC2=N1. The summed E-state index contributed by atoms with van der Waals surface area (Å²) in [5, 5.41) is 6.89. The van der Waals surface area contributed by atoms with Crippen LogP contribution < -0.4 is 0 Å². The molecule has 0 amide bonds. The van der Waals surface area contributed by atoms with Gasteiger partial charge in [-0.15, -0.1) is 5.11 Å². The Balaban J connectivity index is 2.38. The van der Waals surface area contributed by atoms with Gasteiger partial charge >= 0.3 is 0 Å². The molecule has 0 spiro atoms. The molecule has 11 heavy (non-hydrogen) atoms. The van der Waals surface area contributed by atoms with Gasteiger partial charge in [0.05, 0.1) is 6.20 Å². The minimum Gasteiger partial charge on any atom is -0.316 e.